The lowest BCUT2D eigenvalue weighted by atomic mass is 10.1. The van der Waals surface area contributed by atoms with E-state index in [0.717, 1.165) is 5.56 Å². The van der Waals surface area contributed by atoms with Crippen LogP contribution in [0.1, 0.15) is 11.1 Å². The zero-order valence-electron chi connectivity index (χ0n) is 10.7. The molecule has 2 rings (SSSR count). The summed E-state index contributed by atoms with van der Waals surface area (Å²) in [7, 11) is 0. The number of nitrogens with zero attached hydrogens (tertiary/aromatic N) is 1. The first-order valence-electron chi connectivity index (χ1n) is 5.91. The first-order chi connectivity index (χ1) is 9.49. The Balaban J connectivity index is 2.21. The second-order valence-electron chi connectivity index (χ2n) is 4.30. The van der Waals surface area contributed by atoms with Gasteiger partial charge < -0.3 is 5.32 Å². The van der Waals surface area contributed by atoms with Crippen molar-refractivity contribution in [1.29, 1.82) is 0 Å². The van der Waals surface area contributed by atoms with Crippen molar-refractivity contribution in [1.82, 2.24) is 0 Å². The fourth-order valence-corrected chi connectivity index (χ4v) is 2.26. The number of rotatable bonds is 4. The molecule has 0 saturated carbocycles. The molecule has 2 aromatic rings. The molecule has 0 amide bonds. The number of nitro groups is 1. The topological polar surface area (TPSA) is 55.2 Å². The van der Waals surface area contributed by atoms with Crippen LogP contribution in [-0.2, 0) is 6.54 Å². The Hall–Kier alpha value is -1.78. The van der Waals surface area contributed by atoms with Crippen LogP contribution in [0.15, 0.2) is 36.4 Å². The van der Waals surface area contributed by atoms with Crippen molar-refractivity contribution in [3.05, 3.63) is 67.7 Å². The van der Waals surface area contributed by atoms with Crippen LogP contribution in [0.3, 0.4) is 0 Å². The molecular formula is C14H12Cl2N2O2. The molecule has 0 aliphatic carbocycles. The molecule has 0 bridgehead atoms. The van der Waals surface area contributed by atoms with Crippen molar-refractivity contribution in [2.75, 3.05) is 5.32 Å². The molecule has 0 unspecified atom stereocenters. The average Bonchev–Trinajstić information content (AvgIpc) is 2.41. The SMILES string of the molecule is Cc1c(NCc2cc(Cl)ccc2Cl)cccc1[N+](=O)[O-]. The highest BCUT2D eigenvalue weighted by molar-refractivity contribution is 6.33. The third-order valence-electron chi connectivity index (χ3n) is 2.98. The number of halogens is 2. The maximum atomic E-state index is 10.9. The number of hydrogen-bond acceptors (Lipinski definition) is 3. The van der Waals surface area contributed by atoms with Gasteiger partial charge in [0.15, 0.2) is 0 Å². The number of anilines is 1. The van der Waals surface area contributed by atoms with E-state index >= 15 is 0 Å². The number of hydrogen-bond donors (Lipinski definition) is 1. The van der Waals surface area contributed by atoms with E-state index in [1.54, 1.807) is 37.3 Å². The molecule has 0 heterocycles. The molecule has 4 nitrogen and oxygen atoms in total. The maximum absolute atomic E-state index is 10.9. The molecule has 2 aromatic carbocycles. The summed E-state index contributed by atoms with van der Waals surface area (Å²) in [4.78, 5) is 10.5. The molecule has 0 atom stereocenters. The van der Waals surface area contributed by atoms with E-state index in [0.29, 0.717) is 27.8 Å². The van der Waals surface area contributed by atoms with E-state index in [1.165, 1.54) is 6.07 Å². The van der Waals surface area contributed by atoms with Crippen molar-refractivity contribution in [3.63, 3.8) is 0 Å². The zero-order valence-corrected chi connectivity index (χ0v) is 12.2. The molecule has 104 valence electrons. The highest BCUT2D eigenvalue weighted by atomic mass is 35.5. The largest absolute Gasteiger partial charge is 0.380 e. The Labute approximate surface area is 126 Å². The van der Waals surface area contributed by atoms with Crippen LogP contribution < -0.4 is 5.32 Å². The van der Waals surface area contributed by atoms with Gasteiger partial charge in [0.05, 0.1) is 4.92 Å². The van der Waals surface area contributed by atoms with Gasteiger partial charge in [0.25, 0.3) is 5.69 Å². The second kappa shape index (κ2) is 6.11. The number of nitro benzene ring substituents is 1. The van der Waals surface area contributed by atoms with E-state index in [-0.39, 0.29) is 5.69 Å². The Morgan fingerprint density at radius 1 is 1.25 bits per heavy atom. The zero-order chi connectivity index (χ0) is 14.7. The van der Waals surface area contributed by atoms with Crippen LogP contribution in [0, 0.1) is 17.0 Å². The normalized spacial score (nSPS) is 10.3. The van der Waals surface area contributed by atoms with Crippen LogP contribution in [-0.4, -0.2) is 4.92 Å². The van der Waals surface area contributed by atoms with Gasteiger partial charge in [-0.1, -0.05) is 29.3 Å². The van der Waals surface area contributed by atoms with E-state index in [4.69, 9.17) is 23.2 Å². The van der Waals surface area contributed by atoms with Gasteiger partial charge in [0.2, 0.25) is 0 Å². The Kier molecular flexibility index (Phi) is 4.47. The van der Waals surface area contributed by atoms with Gasteiger partial charge in [-0.2, -0.15) is 0 Å². The molecule has 0 aliphatic heterocycles. The van der Waals surface area contributed by atoms with Crippen molar-refractivity contribution in [2.24, 2.45) is 0 Å². The minimum Gasteiger partial charge on any atom is -0.380 e. The Morgan fingerprint density at radius 2 is 2.00 bits per heavy atom. The van der Waals surface area contributed by atoms with Gasteiger partial charge in [0, 0.05) is 33.9 Å². The summed E-state index contributed by atoms with van der Waals surface area (Å²) in [5, 5.41) is 15.2. The highest BCUT2D eigenvalue weighted by Crippen LogP contribution is 2.27. The lowest BCUT2D eigenvalue weighted by Gasteiger charge is -2.11. The average molecular weight is 311 g/mol. The third-order valence-corrected chi connectivity index (χ3v) is 3.58. The van der Waals surface area contributed by atoms with E-state index in [2.05, 4.69) is 5.32 Å². The molecule has 0 fully saturated rings. The summed E-state index contributed by atoms with van der Waals surface area (Å²) in [6.07, 6.45) is 0. The summed E-state index contributed by atoms with van der Waals surface area (Å²) in [6, 6.07) is 10.1. The second-order valence-corrected chi connectivity index (χ2v) is 5.14. The fraction of sp³-hybridized carbons (Fsp3) is 0.143. The van der Waals surface area contributed by atoms with Crippen LogP contribution in [0.5, 0.6) is 0 Å². The smallest absolute Gasteiger partial charge is 0.274 e. The summed E-state index contributed by atoms with van der Waals surface area (Å²) >= 11 is 12.0. The van der Waals surface area contributed by atoms with Crippen LogP contribution in [0.25, 0.3) is 0 Å². The summed E-state index contributed by atoms with van der Waals surface area (Å²) < 4.78 is 0. The van der Waals surface area contributed by atoms with Crippen LogP contribution >= 0.6 is 23.2 Å². The van der Waals surface area contributed by atoms with Crippen molar-refractivity contribution < 1.29 is 4.92 Å². The number of nitrogens with one attached hydrogen (secondary N) is 1. The minimum atomic E-state index is -0.396. The minimum absolute atomic E-state index is 0.0900. The van der Waals surface area contributed by atoms with Gasteiger partial charge in [-0.15, -0.1) is 0 Å². The predicted molar refractivity (Wildman–Crippen MR) is 81.6 cm³/mol. The van der Waals surface area contributed by atoms with Crippen LogP contribution in [0.4, 0.5) is 11.4 Å². The predicted octanol–water partition coefficient (Wildman–Crippen LogP) is 4.82. The molecule has 6 heteroatoms. The first-order valence-corrected chi connectivity index (χ1v) is 6.66. The lowest BCUT2D eigenvalue weighted by Crippen LogP contribution is -2.03. The van der Waals surface area contributed by atoms with Crippen molar-refractivity contribution in [2.45, 2.75) is 13.5 Å². The maximum Gasteiger partial charge on any atom is 0.274 e. The van der Waals surface area contributed by atoms with Gasteiger partial charge >= 0.3 is 0 Å². The van der Waals surface area contributed by atoms with E-state index in [9.17, 15) is 10.1 Å². The molecule has 0 saturated heterocycles. The number of benzene rings is 2. The van der Waals surface area contributed by atoms with Crippen molar-refractivity contribution >= 4 is 34.6 Å². The van der Waals surface area contributed by atoms with Crippen LogP contribution in [0.2, 0.25) is 10.0 Å². The highest BCUT2D eigenvalue weighted by Gasteiger charge is 2.13. The summed E-state index contributed by atoms with van der Waals surface area (Å²) in [5.41, 5.74) is 2.23. The molecular weight excluding hydrogens is 299 g/mol. The molecule has 0 aliphatic rings. The third kappa shape index (κ3) is 3.21. The molecule has 0 aromatic heterocycles. The fourth-order valence-electron chi connectivity index (χ4n) is 1.88. The van der Waals surface area contributed by atoms with Crippen molar-refractivity contribution in [3.8, 4) is 0 Å². The van der Waals surface area contributed by atoms with E-state index in [1.807, 2.05) is 0 Å². The standard InChI is InChI=1S/C14H12Cl2N2O2/c1-9-13(3-2-4-14(9)18(19)20)17-8-10-7-11(15)5-6-12(10)16/h2-7,17H,8H2,1H3. The lowest BCUT2D eigenvalue weighted by molar-refractivity contribution is -0.385. The molecule has 1 N–H and O–H groups in total. The first kappa shape index (κ1) is 14.6. The Morgan fingerprint density at radius 3 is 2.70 bits per heavy atom. The monoisotopic (exact) mass is 310 g/mol. The molecule has 20 heavy (non-hydrogen) atoms. The molecule has 0 spiro atoms. The van der Waals surface area contributed by atoms with Gasteiger partial charge in [-0.05, 0) is 36.8 Å². The van der Waals surface area contributed by atoms with Gasteiger partial charge in [-0.25, -0.2) is 0 Å². The van der Waals surface area contributed by atoms with Gasteiger partial charge in [0.1, 0.15) is 0 Å². The van der Waals surface area contributed by atoms with Gasteiger partial charge in [-0.3, -0.25) is 10.1 Å². The summed E-state index contributed by atoms with van der Waals surface area (Å²) in [6.45, 7) is 2.15. The quantitative estimate of drug-likeness (QED) is 0.650. The Bertz CT molecular complexity index is 660. The molecule has 0 radical (unpaired) electrons. The van der Waals surface area contributed by atoms with E-state index < -0.39 is 4.92 Å². The summed E-state index contributed by atoms with van der Waals surface area (Å²) in [5.74, 6) is 0.